The SMILES string of the molecule is CO[C@@H](C)c1ncc(N2CCN3CCOC[C@@H]3C2)cc1-c1c2c3cc(ccc3n1CC(F)(F)F)-c1cccc(c1)C[C@H](NC(=O)[C@H](C1CCCC1)N1CC[C@]3(CCN(C(=O)[C@H]4[C@@H](C5CC5)N4[S+]([O-])C(C)(C)C)C3)C1)C(=O)N1CCC[C@H](N1)C(=O)OCC(C)(C)C2. The lowest BCUT2D eigenvalue weighted by atomic mass is 9.84. The Morgan fingerprint density at radius 1 is 0.933 bits per heavy atom. The van der Waals surface area contributed by atoms with Crippen molar-refractivity contribution >= 4 is 51.6 Å². The van der Waals surface area contributed by atoms with Crippen molar-refractivity contribution in [2.24, 2.45) is 22.7 Å². The minimum Gasteiger partial charge on any atom is -0.597 e. The van der Waals surface area contributed by atoms with E-state index in [2.05, 4.69) is 25.4 Å². The second-order valence-electron chi connectivity index (χ2n) is 29.4. The third-order valence-electron chi connectivity index (χ3n) is 21.1. The van der Waals surface area contributed by atoms with Crippen LogP contribution in [0.5, 0.6) is 0 Å². The van der Waals surface area contributed by atoms with Gasteiger partial charge in [0.25, 0.3) is 5.91 Å². The molecule has 18 nitrogen and oxygen atoms in total. The van der Waals surface area contributed by atoms with Gasteiger partial charge in [-0.25, -0.2) is 5.43 Å². The van der Waals surface area contributed by atoms with Crippen molar-refractivity contribution < 1.29 is 51.1 Å². The highest BCUT2D eigenvalue weighted by Crippen LogP contribution is 2.52. The first-order valence-corrected chi connectivity index (χ1v) is 34.2. The van der Waals surface area contributed by atoms with Crippen LogP contribution in [0.4, 0.5) is 18.9 Å². The number of anilines is 1. The molecule has 7 aliphatic heterocycles. The van der Waals surface area contributed by atoms with Gasteiger partial charge in [-0.3, -0.25) is 39.0 Å². The fourth-order valence-corrected chi connectivity index (χ4v) is 17.7. The van der Waals surface area contributed by atoms with Crippen LogP contribution >= 0.6 is 0 Å². The van der Waals surface area contributed by atoms with Crippen molar-refractivity contribution in [3.05, 3.63) is 71.5 Å². The van der Waals surface area contributed by atoms with E-state index in [1.807, 2.05) is 93.2 Å². The van der Waals surface area contributed by atoms with Crippen molar-refractivity contribution in [3.8, 4) is 22.4 Å². The highest BCUT2D eigenvalue weighted by Gasteiger charge is 2.68. The zero-order valence-corrected chi connectivity index (χ0v) is 54.3. The minimum atomic E-state index is -4.62. The van der Waals surface area contributed by atoms with Crippen LogP contribution in [-0.4, -0.2) is 195 Å². The quantitative estimate of drug-likeness (QED) is 0.0787. The maximum atomic E-state index is 15.5. The van der Waals surface area contributed by atoms with Crippen molar-refractivity contribution in [1.29, 1.82) is 0 Å². The van der Waals surface area contributed by atoms with E-state index in [1.54, 1.807) is 19.4 Å². The number of nitrogens with zero attached hydrogens (tertiary/aromatic N) is 8. The largest absolute Gasteiger partial charge is 0.597 e. The van der Waals surface area contributed by atoms with E-state index in [0.29, 0.717) is 111 Å². The standard InChI is InChI=1S/C68H91F3N10O8S/c1-42(87-7)56-51(33-48(35-72-56)76-27-26-75-28-29-88-37-49(75)36-76)59-52-34-66(5,6)41-89-64(85)53-16-11-23-80(74-53)62(83)54(31-43-12-10-15-46(30-43)47-19-20-55(50(52)32-47)79(59)40-68(69,70)71)73-61(82)58(44-13-8-9-14-44)77-24-21-67(38-77)22-25-78(39-67)63(84)60-57(45-17-18-45)81(60)90(86)65(2,3)4/h10,12,15,19-20,30,32-33,35,42,44-45,49,53-54,57-58,60,74H,8-9,11,13-14,16-18,21-29,31,34,36-41H2,1-7H3,(H,73,82)/t42-,49-,53-,54-,57+,58-,60+,67-,81?,90?/m0/s1. The van der Waals surface area contributed by atoms with E-state index < -0.39 is 64.4 Å². The lowest BCUT2D eigenvalue weighted by molar-refractivity contribution is -0.155. The Morgan fingerprint density at radius 2 is 1.71 bits per heavy atom. The molecule has 2 N–H and O–H groups in total. The maximum absolute atomic E-state index is 15.5. The predicted molar refractivity (Wildman–Crippen MR) is 338 cm³/mol. The Balaban J connectivity index is 0.833. The molecule has 2 aromatic carbocycles. The number of ether oxygens (including phenoxy) is 3. The first-order chi connectivity index (χ1) is 42.9. The maximum Gasteiger partial charge on any atom is 0.406 e. The molecular weight excluding hydrogens is 1170 g/mol. The number of halogens is 3. The van der Waals surface area contributed by atoms with E-state index in [0.717, 1.165) is 86.8 Å². The first kappa shape index (κ1) is 63.4. The van der Waals surface area contributed by atoms with E-state index in [-0.39, 0.29) is 66.6 Å². The van der Waals surface area contributed by atoms with Crippen LogP contribution in [0.25, 0.3) is 33.3 Å². The number of methoxy groups -OCH3 is 1. The molecule has 6 bridgehead atoms. The summed E-state index contributed by atoms with van der Waals surface area (Å²) in [6.45, 7) is 17.4. The lowest BCUT2D eigenvalue weighted by Crippen LogP contribution is -2.62. The molecule has 9 aliphatic rings. The van der Waals surface area contributed by atoms with E-state index in [9.17, 15) is 14.1 Å². The monoisotopic (exact) mass is 1260 g/mol. The number of pyridine rings is 1. The molecule has 1 spiro atoms. The lowest BCUT2D eigenvalue weighted by Gasteiger charge is -2.44. The summed E-state index contributed by atoms with van der Waals surface area (Å²) in [6, 6.07) is 12.8. The average molecular weight is 1270 g/mol. The molecule has 0 radical (unpaired) electrons. The summed E-state index contributed by atoms with van der Waals surface area (Å²) >= 11 is -1.28. The van der Waals surface area contributed by atoms with Crippen LogP contribution in [0.15, 0.2) is 54.7 Å². The molecule has 6 saturated heterocycles. The number of nitrogens with one attached hydrogen (secondary N) is 2. The predicted octanol–water partition coefficient (Wildman–Crippen LogP) is 8.22. The molecule has 90 heavy (non-hydrogen) atoms. The van der Waals surface area contributed by atoms with Crippen molar-refractivity contribution in [2.45, 2.75) is 178 Å². The summed E-state index contributed by atoms with van der Waals surface area (Å²) in [7, 11) is 1.57. The highest BCUT2D eigenvalue weighted by atomic mass is 32.2. The van der Waals surface area contributed by atoms with Crippen LogP contribution in [-0.2, 0) is 64.1 Å². The number of rotatable bonds is 12. The number of alkyl halides is 3. The Hall–Kier alpha value is -5.33. The summed E-state index contributed by atoms with van der Waals surface area (Å²) in [4.78, 5) is 73.6. The number of esters is 1. The average Bonchev–Trinajstić information content (AvgIpc) is 1.56. The number of hydrazine groups is 1. The summed E-state index contributed by atoms with van der Waals surface area (Å²) in [6.07, 6.45) is 5.35. The third kappa shape index (κ3) is 12.9. The minimum absolute atomic E-state index is 0.0292. The van der Waals surface area contributed by atoms with Crippen LogP contribution in [0.3, 0.4) is 0 Å². The fourth-order valence-electron chi connectivity index (χ4n) is 16.2. The number of likely N-dealkylation sites (tertiary alicyclic amines) is 2. The van der Waals surface area contributed by atoms with E-state index in [4.69, 9.17) is 19.2 Å². The fraction of sp³-hybridized carbons (Fsp3) is 0.662. The number of fused-ring (bicyclic) bond motifs is 7. The third-order valence-corrected chi connectivity index (χ3v) is 23.0. The van der Waals surface area contributed by atoms with Crippen molar-refractivity contribution in [2.75, 3.05) is 90.7 Å². The molecule has 8 fully saturated rings. The van der Waals surface area contributed by atoms with Crippen LogP contribution in [0, 0.1) is 22.7 Å². The molecule has 3 amide bonds. The topological polar surface area (TPSA) is 180 Å². The van der Waals surface area contributed by atoms with Crippen LogP contribution < -0.4 is 15.6 Å². The number of carbonyl (C=O) groups excluding carboxylic acids is 4. The van der Waals surface area contributed by atoms with Gasteiger partial charge in [0.15, 0.2) is 6.04 Å². The zero-order chi connectivity index (χ0) is 63.2. The molecule has 2 aromatic heterocycles. The van der Waals surface area contributed by atoms with E-state index >= 15 is 22.8 Å². The Bertz CT molecular complexity index is 3370. The molecule has 2 unspecified atom stereocenters. The Labute approximate surface area is 530 Å². The second kappa shape index (κ2) is 24.9. The van der Waals surface area contributed by atoms with Gasteiger partial charge in [-0.2, -0.15) is 13.2 Å². The number of hydrogen-bond acceptors (Lipinski definition) is 14. The zero-order valence-electron chi connectivity index (χ0n) is 53.5. The highest BCUT2D eigenvalue weighted by molar-refractivity contribution is 7.90. The van der Waals surface area contributed by atoms with Gasteiger partial charge < -0.3 is 38.4 Å². The van der Waals surface area contributed by atoms with Crippen molar-refractivity contribution in [1.82, 2.24) is 44.3 Å². The molecule has 9 heterocycles. The molecular formula is C68H91F3N10O8S. The van der Waals surface area contributed by atoms with Gasteiger partial charge in [-0.05, 0) is 144 Å². The summed E-state index contributed by atoms with van der Waals surface area (Å²) in [5.41, 5.74) is 7.70. The van der Waals surface area contributed by atoms with Gasteiger partial charge in [-0.15, -0.1) is 4.31 Å². The number of cyclic esters (lactones) is 1. The molecule has 22 heteroatoms. The number of morpholine rings is 1. The molecule has 10 atom stereocenters. The Morgan fingerprint density at radius 3 is 2.47 bits per heavy atom. The van der Waals surface area contributed by atoms with Gasteiger partial charge in [0.2, 0.25) is 11.8 Å². The van der Waals surface area contributed by atoms with Gasteiger partial charge in [0.05, 0.1) is 67.3 Å². The summed E-state index contributed by atoms with van der Waals surface area (Å²) in [5.74, 6) is -0.592. The summed E-state index contributed by atoms with van der Waals surface area (Å²) in [5, 5.41) is 5.41. The number of hydrogen-bond donors (Lipinski definition) is 2. The molecule has 488 valence electrons. The van der Waals surface area contributed by atoms with E-state index in [1.165, 1.54) is 9.58 Å². The second-order valence-corrected chi connectivity index (χ2v) is 31.6. The number of carbonyl (C=O) groups is 4. The molecule has 2 aliphatic carbocycles. The van der Waals surface area contributed by atoms with Gasteiger partial charge in [-0.1, -0.05) is 57.0 Å². The number of benzene rings is 2. The number of piperazine rings is 1. The van der Waals surface area contributed by atoms with Crippen LogP contribution in [0.1, 0.15) is 129 Å². The summed E-state index contributed by atoms with van der Waals surface area (Å²) < 4.78 is 80.6. The first-order valence-electron chi connectivity index (χ1n) is 33.1. The molecule has 2 saturated carbocycles. The molecule has 4 aromatic rings. The number of aromatic nitrogens is 2. The van der Waals surface area contributed by atoms with Gasteiger partial charge >= 0.3 is 12.1 Å². The normalized spacial score (nSPS) is 29.1. The van der Waals surface area contributed by atoms with Gasteiger partial charge in [0, 0.05) is 105 Å². The van der Waals surface area contributed by atoms with Crippen molar-refractivity contribution in [3.63, 3.8) is 0 Å². The van der Waals surface area contributed by atoms with Crippen LogP contribution in [0.2, 0.25) is 0 Å². The smallest absolute Gasteiger partial charge is 0.406 e. The molecule has 13 rings (SSSR count). The van der Waals surface area contributed by atoms with Gasteiger partial charge in [0.1, 0.15) is 23.4 Å². The number of amides is 3. The Kier molecular flexibility index (Phi) is 17.5.